The van der Waals surface area contributed by atoms with E-state index in [1.54, 1.807) is 6.07 Å². The zero-order valence-electron chi connectivity index (χ0n) is 14.1. The van der Waals surface area contributed by atoms with E-state index in [1.807, 2.05) is 36.4 Å². The molecule has 25 heavy (non-hydrogen) atoms. The summed E-state index contributed by atoms with van der Waals surface area (Å²) in [5, 5.41) is 0. The van der Waals surface area contributed by atoms with E-state index in [9.17, 15) is 4.79 Å². The predicted molar refractivity (Wildman–Crippen MR) is 97.8 cm³/mol. The van der Waals surface area contributed by atoms with Gasteiger partial charge in [-0.3, -0.25) is 0 Å². The number of methoxy groups -OCH3 is 1. The normalized spacial score (nSPS) is 13.2. The summed E-state index contributed by atoms with van der Waals surface area (Å²) in [4.78, 5) is 12.1. The Morgan fingerprint density at radius 2 is 2.00 bits per heavy atom. The van der Waals surface area contributed by atoms with Gasteiger partial charge in [0.1, 0.15) is 23.7 Å². The van der Waals surface area contributed by atoms with Crippen molar-refractivity contribution in [1.82, 2.24) is 0 Å². The van der Waals surface area contributed by atoms with Crippen molar-refractivity contribution in [3.63, 3.8) is 0 Å². The third-order valence-corrected chi connectivity index (χ3v) is 4.02. The second kappa shape index (κ2) is 8.74. The molecule has 2 aromatic rings. The van der Waals surface area contributed by atoms with Gasteiger partial charge in [-0.15, -0.1) is 12.4 Å². The molecule has 1 aliphatic rings. The number of hydrogen-bond donors (Lipinski definition) is 1. The van der Waals surface area contributed by atoms with Gasteiger partial charge in [-0.05, 0) is 24.1 Å². The van der Waals surface area contributed by atoms with E-state index < -0.39 is 5.97 Å². The minimum Gasteiger partial charge on any atom is -0.493 e. The number of halogens is 1. The molecule has 6 heteroatoms. The highest BCUT2D eigenvalue weighted by Crippen LogP contribution is 2.35. The topological polar surface area (TPSA) is 70.8 Å². The molecule has 1 unspecified atom stereocenters. The SMILES string of the molecule is COC(=O)c1c(OCC(N)Cc2ccccc2)ccc2c1CCO2.Cl. The molecule has 134 valence electrons. The standard InChI is InChI=1S/C19H21NO4.ClH/c1-22-19(21)18-15-9-10-23-16(15)7-8-17(18)24-12-14(20)11-13-5-3-2-4-6-13;/h2-8,14H,9-12,20H2,1H3;1H. The van der Waals surface area contributed by atoms with Gasteiger partial charge in [0, 0.05) is 18.0 Å². The lowest BCUT2D eigenvalue weighted by Gasteiger charge is -2.16. The molecule has 0 radical (unpaired) electrons. The van der Waals surface area contributed by atoms with E-state index in [1.165, 1.54) is 7.11 Å². The van der Waals surface area contributed by atoms with Crippen molar-refractivity contribution < 1.29 is 19.0 Å². The zero-order chi connectivity index (χ0) is 16.9. The maximum Gasteiger partial charge on any atom is 0.342 e. The Bertz CT molecular complexity index is 721. The molecule has 1 atom stereocenters. The Hall–Kier alpha value is -2.24. The molecule has 0 spiro atoms. The fraction of sp³-hybridized carbons (Fsp3) is 0.316. The number of esters is 1. The highest BCUT2D eigenvalue weighted by molar-refractivity contribution is 5.95. The molecule has 1 aliphatic heterocycles. The van der Waals surface area contributed by atoms with Crippen molar-refractivity contribution in [2.75, 3.05) is 20.3 Å². The lowest BCUT2D eigenvalue weighted by Crippen LogP contribution is -2.30. The largest absolute Gasteiger partial charge is 0.493 e. The van der Waals surface area contributed by atoms with Gasteiger partial charge in [0.15, 0.2) is 0 Å². The van der Waals surface area contributed by atoms with E-state index in [2.05, 4.69) is 0 Å². The lowest BCUT2D eigenvalue weighted by atomic mass is 10.0. The summed E-state index contributed by atoms with van der Waals surface area (Å²) >= 11 is 0. The first-order valence-corrected chi connectivity index (χ1v) is 7.98. The van der Waals surface area contributed by atoms with Gasteiger partial charge in [0.05, 0.1) is 13.7 Å². The number of carbonyl (C=O) groups is 1. The third-order valence-electron chi connectivity index (χ3n) is 4.02. The number of nitrogens with two attached hydrogens (primary N) is 1. The van der Waals surface area contributed by atoms with Crippen molar-refractivity contribution in [3.8, 4) is 11.5 Å². The molecule has 0 amide bonds. The second-order valence-corrected chi connectivity index (χ2v) is 5.77. The van der Waals surface area contributed by atoms with E-state index in [-0.39, 0.29) is 18.4 Å². The van der Waals surface area contributed by atoms with Gasteiger partial charge < -0.3 is 19.9 Å². The average Bonchev–Trinajstić information content (AvgIpc) is 3.08. The van der Waals surface area contributed by atoms with Gasteiger partial charge in [0.2, 0.25) is 0 Å². The third kappa shape index (κ3) is 4.44. The molecule has 1 heterocycles. The minimum absolute atomic E-state index is 0. The van der Waals surface area contributed by atoms with Crippen molar-refractivity contribution >= 4 is 18.4 Å². The second-order valence-electron chi connectivity index (χ2n) is 5.77. The number of hydrogen-bond acceptors (Lipinski definition) is 5. The molecule has 0 bridgehead atoms. The smallest absolute Gasteiger partial charge is 0.342 e. The van der Waals surface area contributed by atoms with Gasteiger partial charge in [-0.1, -0.05) is 30.3 Å². The molecular formula is C19H22ClNO4. The molecule has 3 rings (SSSR count). The summed E-state index contributed by atoms with van der Waals surface area (Å²) in [7, 11) is 1.36. The van der Waals surface area contributed by atoms with E-state index in [0.29, 0.717) is 37.4 Å². The number of carbonyl (C=O) groups excluding carboxylic acids is 1. The van der Waals surface area contributed by atoms with Crippen molar-refractivity contribution in [3.05, 3.63) is 59.2 Å². The summed E-state index contributed by atoms with van der Waals surface area (Å²) in [5.74, 6) is 0.801. The maximum absolute atomic E-state index is 12.1. The summed E-state index contributed by atoms with van der Waals surface area (Å²) in [6.45, 7) is 0.884. The number of ether oxygens (including phenoxy) is 3. The number of rotatable bonds is 6. The minimum atomic E-state index is -0.413. The maximum atomic E-state index is 12.1. The van der Waals surface area contributed by atoms with Gasteiger partial charge >= 0.3 is 5.97 Å². The van der Waals surface area contributed by atoms with Crippen molar-refractivity contribution in [1.29, 1.82) is 0 Å². The summed E-state index contributed by atoms with van der Waals surface area (Å²) in [6, 6.07) is 13.4. The van der Waals surface area contributed by atoms with Crippen LogP contribution in [0.25, 0.3) is 0 Å². The Kier molecular flexibility index (Phi) is 6.67. The van der Waals surface area contributed by atoms with Crippen molar-refractivity contribution in [2.45, 2.75) is 18.9 Å². The fourth-order valence-electron chi connectivity index (χ4n) is 2.87. The van der Waals surface area contributed by atoms with Crippen LogP contribution in [0, 0.1) is 0 Å². The monoisotopic (exact) mass is 363 g/mol. The average molecular weight is 364 g/mol. The van der Waals surface area contributed by atoms with Crippen LogP contribution in [0.1, 0.15) is 21.5 Å². The highest BCUT2D eigenvalue weighted by atomic mass is 35.5. The predicted octanol–water partition coefficient (Wildman–Crippen LogP) is 2.78. The highest BCUT2D eigenvalue weighted by Gasteiger charge is 2.25. The Balaban J connectivity index is 0.00000225. The van der Waals surface area contributed by atoms with Crippen LogP contribution in [-0.4, -0.2) is 32.3 Å². The first-order chi connectivity index (χ1) is 11.7. The van der Waals surface area contributed by atoms with Crippen LogP contribution in [-0.2, 0) is 17.6 Å². The van der Waals surface area contributed by atoms with Crippen molar-refractivity contribution in [2.24, 2.45) is 5.73 Å². The molecule has 0 fully saturated rings. The molecular weight excluding hydrogens is 342 g/mol. The number of fused-ring (bicyclic) bond motifs is 1. The van der Waals surface area contributed by atoms with E-state index >= 15 is 0 Å². The van der Waals surface area contributed by atoms with Gasteiger partial charge in [-0.25, -0.2) is 4.79 Å². The van der Waals surface area contributed by atoms with E-state index in [0.717, 1.165) is 16.9 Å². The van der Waals surface area contributed by atoms with Crippen LogP contribution >= 0.6 is 12.4 Å². The summed E-state index contributed by atoms with van der Waals surface area (Å²) < 4.78 is 16.2. The van der Waals surface area contributed by atoms with Gasteiger partial charge in [0.25, 0.3) is 0 Å². The molecule has 0 saturated carbocycles. The Morgan fingerprint density at radius 3 is 2.72 bits per heavy atom. The number of benzene rings is 2. The Morgan fingerprint density at radius 1 is 1.24 bits per heavy atom. The fourth-order valence-corrected chi connectivity index (χ4v) is 2.87. The lowest BCUT2D eigenvalue weighted by molar-refractivity contribution is 0.0594. The van der Waals surface area contributed by atoms with Crippen LogP contribution in [0.2, 0.25) is 0 Å². The van der Waals surface area contributed by atoms with Crippen LogP contribution in [0.3, 0.4) is 0 Å². The van der Waals surface area contributed by atoms with Gasteiger partial charge in [-0.2, -0.15) is 0 Å². The zero-order valence-corrected chi connectivity index (χ0v) is 14.9. The molecule has 0 aliphatic carbocycles. The molecule has 2 N–H and O–H groups in total. The van der Waals surface area contributed by atoms with Crippen LogP contribution in [0.15, 0.2) is 42.5 Å². The molecule has 5 nitrogen and oxygen atoms in total. The first kappa shape index (κ1) is 19.1. The summed E-state index contributed by atoms with van der Waals surface area (Å²) in [5.41, 5.74) is 8.60. The molecule has 0 saturated heterocycles. The quantitative estimate of drug-likeness (QED) is 0.799. The van der Waals surface area contributed by atoms with Crippen LogP contribution in [0.5, 0.6) is 11.5 Å². The van der Waals surface area contributed by atoms with Crippen LogP contribution < -0.4 is 15.2 Å². The first-order valence-electron chi connectivity index (χ1n) is 7.98. The summed E-state index contributed by atoms with van der Waals surface area (Å²) in [6.07, 6.45) is 1.38. The Labute approximate surface area is 153 Å². The molecule has 0 aromatic heterocycles. The van der Waals surface area contributed by atoms with E-state index in [4.69, 9.17) is 19.9 Å². The molecule has 2 aromatic carbocycles. The van der Waals surface area contributed by atoms with Crippen LogP contribution in [0.4, 0.5) is 0 Å².